The molecule has 0 unspecified atom stereocenters. The summed E-state index contributed by atoms with van der Waals surface area (Å²) in [4.78, 5) is 22.9. The molecule has 1 saturated heterocycles. The van der Waals surface area contributed by atoms with E-state index >= 15 is 0 Å². The van der Waals surface area contributed by atoms with Crippen LogP contribution >= 0.6 is 23.7 Å². The highest BCUT2D eigenvalue weighted by Crippen LogP contribution is 2.32. The van der Waals surface area contributed by atoms with E-state index in [2.05, 4.69) is 18.7 Å². The van der Waals surface area contributed by atoms with E-state index < -0.39 is 10.0 Å². The number of methoxy groups -OCH3 is 1. The quantitative estimate of drug-likeness (QED) is 0.211. The third kappa shape index (κ3) is 8.64. The zero-order chi connectivity index (χ0) is 29.2. The molecule has 1 aliphatic rings. The van der Waals surface area contributed by atoms with E-state index in [4.69, 9.17) is 14.5 Å². The van der Waals surface area contributed by atoms with E-state index in [-0.39, 0.29) is 23.2 Å². The molecular weight excluding hydrogens is 596 g/mol. The molecule has 2 aromatic carbocycles. The van der Waals surface area contributed by atoms with Crippen molar-refractivity contribution in [2.45, 2.75) is 50.8 Å². The average molecular weight is 639 g/mol. The van der Waals surface area contributed by atoms with Gasteiger partial charge in [-0.3, -0.25) is 14.6 Å². The molecule has 0 N–H and O–H groups in total. The van der Waals surface area contributed by atoms with Crippen LogP contribution in [0.5, 0.6) is 5.75 Å². The maximum Gasteiger partial charge on any atom is 0.260 e. The van der Waals surface area contributed by atoms with E-state index in [9.17, 15) is 13.2 Å². The second kappa shape index (κ2) is 16.5. The molecule has 0 atom stereocenters. The summed E-state index contributed by atoms with van der Waals surface area (Å²) in [6, 6.07) is 12.1. The third-order valence-electron chi connectivity index (χ3n) is 7.28. The molecular formula is C30H43ClN4O5S2. The maximum atomic E-state index is 13.9. The lowest BCUT2D eigenvalue weighted by molar-refractivity contribution is 0.0376. The minimum Gasteiger partial charge on any atom is -0.497 e. The number of amides is 1. The summed E-state index contributed by atoms with van der Waals surface area (Å²) >= 11 is 1.46. The smallest absolute Gasteiger partial charge is 0.260 e. The van der Waals surface area contributed by atoms with Gasteiger partial charge in [0.05, 0.1) is 35.4 Å². The molecule has 4 rings (SSSR count). The first-order valence-electron chi connectivity index (χ1n) is 14.5. The van der Waals surface area contributed by atoms with Crippen LogP contribution in [0.2, 0.25) is 0 Å². The van der Waals surface area contributed by atoms with Crippen molar-refractivity contribution in [3.63, 3.8) is 0 Å². The second-order valence-corrected chi connectivity index (χ2v) is 13.2. The fourth-order valence-corrected chi connectivity index (χ4v) is 7.28. The molecule has 12 heteroatoms. The minimum atomic E-state index is -3.64. The second-order valence-electron chi connectivity index (χ2n) is 10.2. The topological polar surface area (TPSA) is 92.3 Å². The third-order valence-corrected chi connectivity index (χ3v) is 10.3. The number of ether oxygens (including phenoxy) is 2. The summed E-state index contributed by atoms with van der Waals surface area (Å²) < 4.78 is 40.2. The molecule has 232 valence electrons. The van der Waals surface area contributed by atoms with Crippen LogP contribution in [0.25, 0.3) is 10.2 Å². The van der Waals surface area contributed by atoms with E-state index in [0.29, 0.717) is 36.1 Å². The molecule has 2 heterocycles. The monoisotopic (exact) mass is 638 g/mol. The standard InChI is InChI=1S/C30H42N4O5S2.ClH/c1-4-6-16-33(17-7-5-2)41(36,37)26-12-9-24(10-13-26)29(35)34(18-8-15-32-19-21-39-22-20-32)30-31-27-23-25(38-3)11-14-28(27)40-30;/h9-14,23H,4-8,15-22H2,1-3H3;1H. The van der Waals surface area contributed by atoms with Gasteiger partial charge in [0.25, 0.3) is 5.91 Å². The van der Waals surface area contributed by atoms with Crippen LogP contribution in [-0.2, 0) is 14.8 Å². The van der Waals surface area contributed by atoms with Crippen molar-refractivity contribution in [3.8, 4) is 5.75 Å². The normalized spacial score (nSPS) is 14.2. The molecule has 9 nitrogen and oxygen atoms in total. The predicted molar refractivity (Wildman–Crippen MR) is 172 cm³/mol. The van der Waals surface area contributed by atoms with Gasteiger partial charge in [0.15, 0.2) is 5.13 Å². The van der Waals surface area contributed by atoms with Gasteiger partial charge >= 0.3 is 0 Å². The Hall–Kier alpha value is -2.28. The molecule has 0 radical (unpaired) electrons. The van der Waals surface area contributed by atoms with E-state index in [1.807, 2.05) is 18.2 Å². The van der Waals surface area contributed by atoms with E-state index in [0.717, 1.165) is 75.2 Å². The van der Waals surface area contributed by atoms with E-state index in [1.165, 1.54) is 11.3 Å². The molecule has 0 aliphatic carbocycles. The highest BCUT2D eigenvalue weighted by Gasteiger charge is 2.26. The Labute approximate surface area is 260 Å². The highest BCUT2D eigenvalue weighted by atomic mass is 35.5. The number of unbranched alkanes of at least 4 members (excludes halogenated alkanes) is 2. The molecule has 1 fully saturated rings. The van der Waals surface area contributed by atoms with Gasteiger partial charge in [-0.2, -0.15) is 4.31 Å². The fourth-order valence-electron chi connectivity index (χ4n) is 4.79. The van der Waals surface area contributed by atoms with Gasteiger partial charge in [-0.1, -0.05) is 38.0 Å². The Morgan fingerprint density at radius 2 is 1.67 bits per heavy atom. The minimum absolute atomic E-state index is 0. The molecule has 0 spiro atoms. The number of hydrogen-bond acceptors (Lipinski definition) is 8. The van der Waals surface area contributed by atoms with Crippen molar-refractivity contribution in [3.05, 3.63) is 48.0 Å². The number of thiazole rings is 1. The molecule has 0 bridgehead atoms. The van der Waals surface area contributed by atoms with Gasteiger partial charge in [0.1, 0.15) is 5.75 Å². The first-order valence-corrected chi connectivity index (χ1v) is 16.8. The number of aromatic nitrogens is 1. The number of morpholine rings is 1. The molecule has 1 aromatic heterocycles. The van der Waals surface area contributed by atoms with Crippen LogP contribution in [0.3, 0.4) is 0 Å². The number of sulfonamides is 1. The number of carbonyl (C=O) groups is 1. The first kappa shape index (κ1) is 34.2. The van der Waals surface area contributed by atoms with Gasteiger partial charge in [0, 0.05) is 50.9 Å². The maximum absolute atomic E-state index is 13.9. The summed E-state index contributed by atoms with van der Waals surface area (Å²) in [5.41, 5.74) is 1.21. The summed E-state index contributed by atoms with van der Waals surface area (Å²) in [7, 11) is -2.02. The number of fused-ring (bicyclic) bond motifs is 1. The van der Waals surface area contributed by atoms with Gasteiger partial charge in [-0.05, 0) is 55.7 Å². The first-order chi connectivity index (χ1) is 19.9. The molecule has 42 heavy (non-hydrogen) atoms. The SMILES string of the molecule is CCCCN(CCCC)S(=O)(=O)c1ccc(C(=O)N(CCCN2CCOCC2)c2nc3cc(OC)ccc3s2)cc1.Cl. The average Bonchev–Trinajstić information content (AvgIpc) is 3.42. The van der Waals surface area contributed by atoms with E-state index in [1.54, 1.807) is 40.6 Å². The Kier molecular flexibility index (Phi) is 13.5. The van der Waals surface area contributed by atoms with Crippen LogP contribution in [0, 0.1) is 0 Å². The lowest BCUT2D eigenvalue weighted by Crippen LogP contribution is -2.39. The zero-order valence-electron chi connectivity index (χ0n) is 24.8. The van der Waals surface area contributed by atoms with Crippen LogP contribution < -0.4 is 9.64 Å². The lowest BCUT2D eigenvalue weighted by atomic mass is 10.2. The fraction of sp³-hybridized carbons (Fsp3) is 0.533. The van der Waals surface area contributed by atoms with Gasteiger partial charge in [-0.15, -0.1) is 12.4 Å². The summed E-state index contributed by atoms with van der Waals surface area (Å²) in [5, 5.41) is 0.613. The van der Waals surface area contributed by atoms with Gasteiger partial charge < -0.3 is 9.47 Å². The summed E-state index contributed by atoms with van der Waals surface area (Å²) in [6.07, 6.45) is 4.25. The predicted octanol–water partition coefficient (Wildman–Crippen LogP) is 5.69. The van der Waals surface area contributed by atoms with Crippen molar-refractivity contribution in [1.29, 1.82) is 0 Å². The molecule has 1 aliphatic heterocycles. The van der Waals surface area contributed by atoms with Crippen molar-refractivity contribution in [1.82, 2.24) is 14.2 Å². The van der Waals surface area contributed by atoms with Crippen molar-refractivity contribution >= 4 is 55.0 Å². The number of nitrogens with zero attached hydrogens (tertiary/aromatic N) is 4. The molecule has 0 saturated carbocycles. The zero-order valence-corrected chi connectivity index (χ0v) is 27.2. The molecule has 3 aromatic rings. The van der Waals surface area contributed by atoms with Crippen LogP contribution in [-0.4, -0.2) is 88.1 Å². The Morgan fingerprint density at radius 3 is 2.29 bits per heavy atom. The number of carbonyl (C=O) groups excluding carboxylic acids is 1. The Morgan fingerprint density at radius 1 is 1.00 bits per heavy atom. The summed E-state index contributed by atoms with van der Waals surface area (Å²) in [5.74, 6) is 0.513. The van der Waals surface area contributed by atoms with Crippen LogP contribution in [0.1, 0.15) is 56.3 Å². The van der Waals surface area contributed by atoms with Crippen molar-refractivity contribution in [2.75, 3.05) is 64.5 Å². The summed E-state index contributed by atoms with van der Waals surface area (Å²) in [6.45, 7) is 9.69. The number of anilines is 1. The van der Waals surface area contributed by atoms with Crippen LogP contribution in [0.4, 0.5) is 5.13 Å². The van der Waals surface area contributed by atoms with Crippen LogP contribution in [0.15, 0.2) is 47.4 Å². The molecule has 1 amide bonds. The lowest BCUT2D eigenvalue weighted by Gasteiger charge is -2.27. The number of benzene rings is 2. The Balaban J connectivity index is 0.00000484. The highest BCUT2D eigenvalue weighted by molar-refractivity contribution is 7.89. The van der Waals surface area contributed by atoms with Crippen molar-refractivity contribution in [2.24, 2.45) is 0 Å². The van der Waals surface area contributed by atoms with Gasteiger partial charge in [0.2, 0.25) is 10.0 Å². The Bertz CT molecular complexity index is 1370. The number of rotatable bonds is 15. The number of halogens is 1. The largest absolute Gasteiger partial charge is 0.497 e. The van der Waals surface area contributed by atoms with Gasteiger partial charge in [-0.25, -0.2) is 13.4 Å². The van der Waals surface area contributed by atoms with Crippen molar-refractivity contribution < 1.29 is 22.7 Å². The number of hydrogen-bond donors (Lipinski definition) is 0.